The zero-order valence-electron chi connectivity index (χ0n) is 10.2. The molecule has 1 heterocycles. The lowest BCUT2D eigenvalue weighted by molar-refractivity contribution is 1.22. The standard InChI is InChI=1S/C15H10Cl2N2/c1-9-4-2-5-10(8-9)15-18-12-7-3-6-11(16)13(12)14(17)19-15/h2-8H,1H3. The van der Waals surface area contributed by atoms with E-state index < -0.39 is 0 Å². The summed E-state index contributed by atoms with van der Waals surface area (Å²) < 4.78 is 0. The number of benzene rings is 2. The molecule has 3 aromatic rings. The van der Waals surface area contributed by atoms with Crippen molar-refractivity contribution >= 4 is 34.1 Å². The second-order valence-corrected chi connectivity index (χ2v) is 5.11. The zero-order valence-corrected chi connectivity index (χ0v) is 11.7. The van der Waals surface area contributed by atoms with E-state index in [0.29, 0.717) is 21.4 Å². The number of aryl methyl sites for hydroxylation is 1. The maximum atomic E-state index is 6.22. The van der Waals surface area contributed by atoms with Crippen LogP contribution in [0.25, 0.3) is 22.3 Å². The van der Waals surface area contributed by atoms with Crippen molar-refractivity contribution < 1.29 is 0 Å². The summed E-state index contributed by atoms with van der Waals surface area (Å²) in [7, 11) is 0. The number of aromatic nitrogens is 2. The largest absolute Gasteiger partial charge is 0.228 e. The molecule has 94 valence electrons. The predicted molar refractivity (Wildman–Crippen MR) is 79.7 cm³/mol. The fourth-order valence-corrected chi connectivity index (χ4v) is 2.60. The average molecular weight is 289 g/mol. The zero-order chi connectivity index (χ0) is 13.4. The van der Waals surface area contributed by atoms with Gasteiger partial charge in [-0.2, -0.15) is 0 Å². The van der Waals surface area contributed by atoms with Crippen LogP contribution in [0.1, 0.15) is 5.56 Å². The van der Waals surface area contributed by atoms with Crippen LogP contribution in [-0.4, -0.2) is 9.97 Å². The van der Waals surface area contributed by atoms with E-state index in [1.165, 1.54) is 0 Å². The van der Waals surface area contributed by atoms with E-state index in [2.05, 4.69) is 9.97 Å². The van der Waals surface area contributed by atoms with Gasteiger partial charge in [0.2, 0.25) is 0 Å². The molecule has 0 spiro atoms. The Morgan fingerprint density at radius 2 is 1.74 bits per heavy atom. The Kier molecular flexibility index (Phi) is 3.13. The Labute approximate surface area is 121 Å². The van der Waals surface area contributed by atoms with Gasteiger partial charge in [-0.3, -0.25) is 0 Å². The molecule has 0 amide bonds. The summed E-state index contributed by atoms with van der Waals surface area (Å²) in [6, 6.07) is 13.5. The van der Waals surface area contributed by atoms with E-state index in [-0.39, 0.29) is 0 Å². The van der Waals surface area contributed by atoms with E-state index >= 15 is 0 Å². The van der Waals surface area contributed by atoms with Gasteiger partial charge in [-0.05, 0) is 25.1 Å². The lowest BCUT2D eigenvalue weighted by Gasteiger charge is -2.06. The highest BCUT2D eigenvalue weighted by molar-refractivity contribution is 6.41. The van der Waals surface area contributed by atoms with Crippen molar-refractivity contribution in [3.8, 4) is 11.4 Å². The van der Waals surface area contributed by atoms with Crippen LogP contribution in [0.2, 0.25) is 10.2 Å². The molecule has 0 radical (unpaired) electrons. The Morgan fingerprint density at radius 3 is 2.53 bits per heavy atom. The van der Waals surface area contributed by atoms with Gasteiger partial charge in [0.15, 0.2) is 5.82 Å². The van der Waals surface area contributed by atoms with E-state index in [1.54, 1.807) is 6.07 Å². The van der Waals surface area contributed by atoms with Crippen molar-refractivity contribution in [1.82, 2.24) is 9.97 Å². The Hall–Kier alpha value is -1.64. The first-order valence-corrected chi connectivity index (χ1v) is 6.59. The summed E-state index contributed by atoms with van der Waals surface area (Å²) in [6.45, 7) is 2.03. The lowest BCUT2D eigenvalue weighted by atomic mass is 10.1. The van der Waals surface area contributed by atoms with Gasteiger partial charge in [-0.1, -0.05) is 53.0 Å². The van der Waals surface area contributed by atoms with Crippen LogP contribution >= 0.6 is 23.2 Å². The summed E-state index contributed by atoms with van der Waals surface area (Å²) in [4.78, 5) is 8.87. The SMILES string of the molecule is Cc1cccc(-c2nc(Cl)c3c(Cl)cccc3n2)c1. The third-order valence-corrected chi connectivity index (χ3v) is 3.49. The van der Waals surface area contributed by atoms with Crippen molar-refractivity contribution in [1.29, 1.82) is 0 Å². The normalized spacial score (nSPS) is 10.9. The van der Waals surface area contributed by atoms with Crippen LogP contribution in [-0.2, 0) is 0 Å². The molecular formula is C15H10Cl2N2. The monoisotopic (exact) mass is 288 g/mol. The maximum absolute atomic E-state index is 6.22. The van der Waals surface area contributed by atoms with Gasteiger partial charge in [0.25, 0.3) is 0 Å². The fourth-order valence-electron chi connectivity index (χ4n) is 2.01. The van der Waals surface area contributed by atoms with Crippen molar-refractivity contribution in [2.24, 2.45) is 0 Å². The van der Waals surface area contributed by atoms with Crippen LogP contribution in [0.15, 0.2) is 42.5 Å². The maximum Gasteiger partial charge on any atom is 0.161 e. The van der Waals surface area contributed by atoms with Crippen molar-refractivity contribution in [3.05, 3.63) is 58.2 Å². The van der Waals surface area contributed by atoms with Crippen LogP contribution in [0, 0.1) is 6.92 Å². The van der Waals surface area contributed by atoms with Gasteiger partial charge in [0.1, 0.15) is 5.15 Å². The number of hydrogen-bond acceptors (Lipinski definition) is 2. The van der Waals surface area contributed by atoms with Crippen LogP contribution in [0.3, 0.4) is 0 Å². The minimum atomic E-state index is 0.382. The number of fused-ring (bicyclic) bond motifs is 1. The molecule has 0 aliphatic heterocycles. The highest BCUT2D eigenvalue weighted by atomic mass is 35.5. The minimum absolute atomic E-state index is 0.382. The second-order valence-electron chi connectivity index (χ2n) is 4.34. The van der Waals surface area contributed by atoms with E-state index in [1.807, 2.05) is 43.3 Å². The van der Waals surface area contributed by atoms with Gasteiger partial charge in [-0.15, -0.1) is 0 Å². The molecule has 0 aliphatic carbocycles. The summed E-state index contributed by atoms with van der Waals surface area (Å²) in [6.07, 6.45) is 0. The molecule has 1 aromatic heterocycles. The van der Waals surface area contributed by atoms with Gasteiger partial charge in [0, 0.05) is 5.56 Å². The quantitative estimate of drug-likeness (QED) is 0.595. The van der Waals surface area contributed by atoms with Gasteiger partial charge in [0.05, 0.1) is 15.9 Å². The van der Waals surface area contributed by atoms with E-state index in [4.69, 9.17) is 23.2 Å². The van der Waals surface area contributed by atoms with Crippen LogP contribution in [0.4, 0.5) is 0 Å². The molecule has 0 bridgehead atoms. The Morgan fingerprint density at radius 1 is 0.947 bits per heavy atom. The minimum Gasteiger partial charge on any atom is -0.228 e. The number of halogens is 2. The first-order chi connectivity index (χ1) is 9.15. The second kappa shape index (κ2) is 4.80. The van der Waals surface area contributed by atoms with Crippen LogP contribution < -0.4 is 0 Å². The highest BCUT2D eigenvalue weighted by Crippen LogP contribution is 2.30. The van der Waals surface area contributed by atoms with Crippen LogP contribution in [0.5, 0.6) is 0 Å². The Balaban J connectivity index is 2.27. The van der Waals surface area contributed by atoms with Crippen molar-refractivity contribution in [2.45, 2.75) is 6.92 Å². The number of nitrogens with zero attached hydrogens (tertiary/aromatic N) is 2. The molecule has 2 nitrogen and oxygen atoms in total. The molecule has 0 saturated carbocycles. The molecule has 0 aliphatic rings. The third-order valence-electron chi connectivity index (χ3n) is 2.90. The molecule has 3 rings (SSSR count). The highest BCUT2D eigenvalue weighted by Gasteiger charge is 2.10. The predicted octanol–water partition coefficient (Wildman–Crippen LogP) is 4.91. The first kappa shape index (κ1) is 12.4. The molecule has 2 aromatic carbocycles. The first-order valence-electron chi connectivity index (χ1n) is 5.84. The average Bonchev–Trinajstić information content (AvgIpc) is 2.38. The number of rotatable bonds is 1. The molecule has 4 heteroatoms. The molecule has 0 saturated heterocycles. The van der Waals surface area contributed by atoms with Gasteiger partial charge < -0.3 is 0 Å². The summed E-state index contributed by atoms with van der Waals surface area (Å²) >= 11 is 12.3. The van der Waals surface area contributed by atoms with Gasteiger partial charge >= 0.3 is 0 Å². The third kappa shape index (κ3) is 2.29. The molecule has 0 atom stereocenters. The molecule has 19 heavy (non-hydrogen) atoms. The van der Waals surface area contributed by atoms with E-state index in [0.717, 1.165) is 16.6 Å². The lowest BCUT2D eigenvalue weighted by Crippen LogP contribution is -1.92. The molecule has 0 N–H and O–H groups in total. The van der Waals surface area contributed by atoms with Crippen molar-refractivity contribution in [3.63, 3.8) is 0 Å². The topological polar surface area (TPSA) is 25.8 Å². The Bertz CT molecular complexity index is 769. The summed E-state index contributed by atoms with van der Waals surface area (Å²) in [5.41, 5.74) is 2.86. The van der Waals surface area contributed by atoms with Crippen molar-refractivity contribution in [2.75, 3.05) is 0 Å². The summed E-state index contributed by atoms with van der Waals surface area (Å²) in [5, 5.41) is 1.65. The van der Waals surface area contributed by atoms with E-state index in [9.17, 15) is 0 Å². The van der Waals surface area contributed by atoms with Gasteiger partial charge in [-0.25, -0.2) is 9.97 Å². The fraction of sp³-hybridized carbons (Fsp3) is 0.0667. The number of hydrogen-bond donors (Lipinski definition) is 0. The summed E-state index contributed by atoms with van der Waals surface area (Å²) in [5.74, 6) is 0.614. The molecule has 0 fully saturated rings. The molecular weight excluding hydrogens is 279 g/mol. The smallest absolute Gasteiger partial charge is 0.161 e. The molecule has 0 unspecified atom stereocenters.